The maximum atomic E-state index is 10.9. The van der Waals surface area contributed by atoms with Gasteiger partial charge in [0.2, 0.25) is 0 Å². The van der Waals surface area contributed by atoms with Gasteiger partial charge in [-0.2, -0.15) is 0 Å². The van der Waals surface area contributed by atoms with Crippen LogP contribution >= 0.6 is 0 Å². The van der Waals surface area contributed by atoms with Crippen molar-refractivity contribution in [2.45, 2.75) is 122 Å². The first-order chi connectivity index (χ1) is 14.4. The molecule has 0 amide bonds. The lowest BCUT2D eigenvalue weighted by Gasteiger charge is -2.34. The van der Waals surface area contributed by atoms with Crippen LogP contribution in [0, 0.1) is 0 Å². The number of hydrogen-bond donors (Lipinski definition) is 1. The zero-order valence-corrected chi connectivity index (χ0v) is 20.0. The highest BCUT2D eigenvalue weighted by atomic mass is 16.4. The Hall–Kier alpha value is -1.10. The van der Waals surface area contributed by atoms with Gasteiger partial charge in [0.1, 0.15) is 0 Å². The Morgan fingerprint density at radius 1 is 0.633 bits per heavy atom. The Balaban J connectivity index is 3.58. The fraction of sp³-hybridized carbons (Fsp3) is 0.920. The van der Waals surface area contributed by atoms with Crippen LogP contribution in [-0.2, 0) is 9.59 Å². The molecule has 5 nitrogen and oxygen atoms in total. The van der Waals surface area contributed by atoms with Gasteiger partial charge in [-0.25, -0.2) is 0 Å². The Morgan fingerprint density at radius 3 is 1.37 bits per heavy atom. The molecule has 1 unspecified atom stereocenters. The van der Waals surface area contributed by atoms with Crippen molar-refractivity contribution in [2.75, 3.05) is 26.7 Å². The second kappa shape index (κ2) is 19.8. The van der Waals surface area contributed by atoms with Crippen molar-refractivity contribution in [3.05, 3.63) is 0 Å². The lowest BCUT2D eigenvalue weighted by Crippen LogP contribution is -2.48. The highest BCUT2D eigenvalue weighted by Crippen LogP contribution is 2.15. The summed E-state index contributed by atoms with van der Waals surface area (Å²) < 4.78 is 0.513. The van der Waals surface area contributed by atoms with Crippen LogP contribution in [-0.4, -0.2) is 48.2 Å². The molecule has 0 aliphatic heterocycles. The molecule has 5 heteroatoms. The van der Waals surface area contributed by atoms with Gasteiger partial charge in [-0.3, -0.25) is 4.79 Å². The first-order valence-corrected chi connectivity index (χ1v) is 12.6. The van der Waals surface area contributed by atoms with Gasteiger partial charge >= 0.3 is 5.97 Å². The minimum atomic E-state index is -1.05. The van der Waals surface area contributed by atoms with Crippen molar-refractivity contribution in [2.24, 2.45) is 0 Å². The van der Waals surface area contributed by atoms with E-state index in [0.717, 1.165) is 19.4 Å². The van der Waals surface area contributed by atoms with Crippen molar-refractivity contribution in [3.8, 4) is 0 Å². The predicted octanol–water partition coefficient (Wildman–Crippen LogP) is 5.31. The van der Waals surface area contributed by atoms with Crippen LogP contribution in [0.1, 0.15) is 122 Å². The smallest absolute Gasteiger partial charge is 0.309 e. The molecule has 0 aromatic heterocycles. The van der Waals surface area contributed by atoms with E-state index in [0.29, 0.717) is 17.6 Å². The van der Waals surface area contributed by atoms with Gasteiger partial charge in [-0.15, -0.1) is 0 Å². The molecule has 0 spiro atoms. The summed E-state index contributed by atoms with van der Waals surface area (Å²) in [7, 11) is 1.97. The first kappa shape index (κ1) is 28.9. The number of carbonyl (C=O) groups excluding carboxylic acids is 1. The third kappa shape index (κ3) is 20.2. The predicted molar refractivity (Wildman–Crippen MR) is 122 cm³/mol. The van der Waals surface area contributed by atoms with Crippen LogP contribution in [0.3, 0.4) is 0 Å². The first-order valence-electron chi connectivity index (χ1n) is 12.6. The number of aliphatic carboxylic acids is 2. The Kier molecular flexibility index (Phi) is 19.1. The van der Waals surface area contributed by atoms with Crippen LogP contribution in [0.25, 0.3) is 0 Å². The Morgan fingerprint density at radius 2 is 1.00 bits per heavy atom. The van der Waals surface area contributed by atoms with Gasteiger partial charge in [-0.1, -0.05) is 96.8 Å². The summed E-state index contributed by atoms with van der Waals surface area (Å²) in [6.45, 7) is 4.05. The van der Waals surface area contributed by atoms with Crippen molar-refractivity contribution in [1.82, 2.24) is 0 Å². The van der Waals surface area contributed by atoms with Crippen molar-refractivity contribution in [1.29, 1.82) is 0 Å². The Bertz CT molecular complexity index is 407. The van der Waals surface area contributed by atoms with E-state index < -0.39 is 11.9 Å². The van der Waals surface area contributed by atoms with Crippen LogP contribution in [0.15, 0.2) is 0 Å². The topological polar surface area (TPSA) is 77.4 Å². The van der Waals surface area contributed by atoms with E-state index in [1.54, 1.807) is 0 Å². The van der Waals surface area contributed by atoms with E-state index in [4.69, 9.17) is 5.11 Å². The Labute approximate surface area is 185 Å². The number of carbonyl (C=O) groups is 2. The summed E-state index contributed by atoms with van der Waals surface area (Å²) in [6.07, 6.45) is 21.3. The monoisotopic (exact) mass is 427 g/mol. The molecule has 0 rings (SSSR count). The maximum absolute atomic E-state index is 10.9. The minimum Gasteiger partial charge on any atom is -0.550 e. The number of hydrogen-bond acceptors (Lipinski definition) is 3. The molecule has 0 heterocycles. The number of nitrogens with zero attached hydrogens (tertiary/aromatic N) is 1. The average Bonchev–Trinajstić information content (AvgIpc) is 2.70. The molecule has 30 heavy (non-hydrogen) atoms. The van der Waals surface area contributed by atoms with E-state index in [1.165, 1.54) is 89.9 Å². The second-order valence-corrected chi connectivity index (χ2v) is 9.36. The van der Waals surface area contributed by atoms with E-state index >= 15 is 0 Å². The van der Waals surface area contributed by atoms with Gasteiger partial charge in [0.05, 0.1) is 33.1 Å². The van der Waals surface area contributed by atoms with E-state index in [1.807, 2.05) is 7.05 Å². The van der Waals surface area contributed by atoms with E-state index in [2.05, 4.69) is 6.92 Å². The van der Waals surface area contributed by atoms with Gasteiger partial charge in [-0.05, 0) is 12.8 Å². The largest absolute Gasteiger partial charge is 0.550 e. The fourth-order valence-electron chi connectivity index (χ4n) is 4.10. The summed E-state index contributed by atoms with van der Waals surface area (Å²) >= 11 is 0. The molecular formula is C25H49NO4. The molecule has 0 saturated carbocycles. The number of unbranched alkanes of at least 4 members (excludes halogenated alkanes) is 15. The average molecular weight is 428 g/mol. The molecule has 0 aromatic carbocycles. The molecule has 0 aromatic rings. The zero-order chi connectivity index (χ0) is 22.5. The van der Waals surface area contributed by atoms with Crippen molar-refractivity contribution >= 4 is 11.9 Å². The minimum absolute atomic E-state index is 0.00498. The summed E-state index contributed by atoms with van der Waals surface area (Å²) in [5.41, 5.74) is 0. The maximum Gasteiger partial charge on any atom is 0.309 e. The number of rotatable bonds is 23. The molecular weight excluding hydrogens is 378 g/mol. The van der Waals surface area contributed by atoms with Crippen molar-refractivity contribution in [3.63, 3.8) is 0 Å². The van der Waals surface area contributed by atoms with E-state index in [9.17, 15) is 14.7 Å². The standard InChI is InChI=1S/C25H49NO4/c1-3-4-5-6-7-8-9-10-11-12-13-14-15-16-17-18-21-26(2,22-19-24(27)28)23-20-25(29)30/h3-23H2,1-2H3,(H-,27,28,29,30). The van der Waals surface area contributed by atoms with E-state index in [-0.39, 0.29) is 12.8 Å². The van der Waals surface area contributed by atoms with Crippen molar-refractivity contribution < 1.29 is 24.3 Å². The molecule has 0 saturated heterocycles. The van der Waals surface area contributed by atoms with Gasteiger partial charge < -0.3 is 19.5 Å². The highest BCUT2D eigenvalue weighted by Gasteiger charge is 2.22. The molecule has 178 valence electrons. The van der Waals surface area contributed by atoms with Crippen LogP contribution < -0.4 is 5.11 Å². The molecule has 0 bridgehead atoms. The van der Waals surface area contributed by atoms with Crippen LogP contribution in [0.4, 0.5) is 0 Å². The van der Waals surface area contributed by atoms with Gasteiger partial charge in [0.15, 0.2) is 0 Å². The van der Waals surface area contributed by atoms with Crippen LogP contribution in [0.2, 0.25) is 0 Å². The summed E-state index contributed by atoms with van der Waals surface area (Å²) in [4.78, 5) is 21.6. The number of carboxylic acid groups (broad SMARTS) is 2. The zero-order valence-electron chi connectivity index (χ0n) is 20.0. The quantitative estimate of drug-likeness (QED) is 0.177. The number of quaternary nitrogens is 1. The molecule has 0 aliphatic carbocycles. The lowest BCUT2D eigenvalue weighted by atomic mass is 10.0. The lowest BCUT2D eigenvalue weighted by molar-refractivity contribution is -0.909. The fourth-order valence-corrected chi connectivity index (χ4v) is 4.10. The molecule has 1 atom stereocenters. The highest BCUT2D eigenvalue weighted by molar-refractivity contribution is 5.66. The summed E-state index contributed by atoms with van der Waals surface area (Å²) in [5, 5.41) is 19.7. The third-order valence-electron chi connectivity index (χ3n) is 6.27. The van der Waals surface area contributed by atoms with Gasteiger partial charge in [0.25, 0.3) is 0 Å². The molecule has 0 fully saturated rings. The van der Waals surface area contributed by atoms with Crippen LogP contribution in [0.5, 0.6) is 0 Å². The third-order valence-corrected chi connectivity index (χ3v) is 6.27. The summed E-state index contributed by atoms with van der Waals surface area (Å²) in [5.74, 6) is -1.87. The van der Waals surface area contributed by atoms with Gasteiger partial charge in [0, 0.05) is 12.4 Å². The normalized spacial score (nSPS) is 13.3. The number of carboxylic acids is 2. The molecule has 0 radical (unpaired) electrons. The second-order valence-electron chi connectivity index (χ2n) is 9.36. The SMILES string of the molecule is CCCCCCCCCCCCCCCCCC[N+](C)(CCC(=O)[O-])CCC(=O)O. The molecule has 0 aliphatic rings. The molecule has 1 N–H and O–H groups in total. The summed E-state index contributed by atoms with van der Waals surface area (Å²) in [6, 6.07) is 0.